The summed E-state index contributed by atoms with van der Waals surface area (Å²) in [6, 6.07) is 0. The monoisotopic (exact) mass is 345 g/mol. The second-order valence-corrected chi connectivity index (χ2v) is 2.26. The number of rotatable bonds is 6. The first kappa shape index (κ1) is 20.0. The zero-order chi connectivity index (χ0) is 10.4. The molecule has 0 saturated heterocycles. The van der Waals surface area contributed by atoms with Crippen LogP contribution in [0.2, 0.25) is 0 Å². The van der Waals surface area contributed by atoms with E-state index in [1.807, 2.05) is 0 Å². The van der Waals surface area contributed by atoms with Gasteiger partial charge in [0.25, 0.3) is 0 Å². The van der Waals surface area contributed by atoms with Crippen molar-refractivity contribution in [1.29, 1.82) is 0 Å². The summed E-state index contributed by atoms with van der Waals surface area (Å²) in [6.45, 7) is -2.37. The molecule has 0 fully saturated rings. The molecule has 0 amide bonds. The number of aliphatic carboxylic acids is 3. The Labute approximate surface area is 113 Å². The molecule has 0 aromatic rings. The van der Waals surface area contributed by atoms with Gasteiger partial charge in [0, 0.05) is 19.6 Å². The summed E-state index contributed by atoms with van der Waals surface area (Å²) in [5, 5.41) is 30.0. The Kier molecular flexibility index (Phi) is 13.4. The third kappa shape index (κ3) is 13.5. The van der Waals surface area contributed by atoms with E-state index >= 15 is 0 Å². The van der Waals surface area contributed by atoms with Crippen LogP contribution >= 0.6 is 0 Å². The van der Waals surface area contributed by atoms with Crippen LogP contribution in [0.4, 0.5) is 0 Å². The molecule has 0 aliphatic rings. The largest absolute Gasteiger partial charge is 3.00 e. The van der Waals surface area contributed by atoms with Crippen LogP contribution in [-0.4, -0.2) is 47.9 Å². The summed E-state index contributed by atoms with van der Waals surface area (Å²) in [4.78, 5) is 30.6. The van der Waals surface area contributed by atoms with E-state index in [1.165, 1.54) is 0 Å². The van der Waals surface area contributed by atoms with Crippen molar-refractivity contribution in [1.82, 2.24) is 4.90 Å². The molecule has 15 heavy (non-hydrogen) atoms. The van der Waals surface area contributed by atoms with Crippen molar-refractivity contribution in [2.75, 3.05) is 19.6 Å². The Morgan fingerprint density at radius 3 is 1.13 bits per heavy atom. The van der Waals surface area contributed by atoms with Gasteiger partial charge in [-0.2, -0.15) is 0 Å². The summed E-state index contributed by atoms with van der Waals surface area (Å²) in [5.74, 6) is -4.70. The second-order valence-electron chi connectivity index (χ2n) is 2.26. The van der Waals surface area contributed by atoms with E-state index in [9.17, 15) is 29.7 Å². The molecule has 0 bridgehead atoms. The predicted octanol–water partition coefficient (Wildman–Crippen LogP) is -6.29. The van der Waals surface area contributed by atoms with Crippen LogP contribution in [-0.2, 0) is 14.4 Å². The van der Waals surface area contributed by atoms with Crippen molar-refractivity contribution in [3.05, 3.63) is 0 Å². The van der Waals surface area contributed by atoms with Crippen molar-refractivity contribution in [2.24, 2.45) is 0 Å². The number of carbonyl (C=O) groups excluding carboxylic acids is 3. The molecule has 0 rings (SSSR count). The van der Waals surface area contributed by atoms with Gasteiger partial charge in [-0.3, -0.25) is 4.90 Å². The van der Waals surface area contributed by atoms with E-state index in [0.29, 0.717) is 4.90 Å². The number of hydrogen-bond acceptors (Lipinski definition) is 7. The van der Waals surface area contributed by atoms with E-state index in [1.54, 1.807) is 0 Å². The van der Waals surface area contributed by atoms with Crippen LogP contribution in [0.25, 0.3) is 0 Å². The average molecular weight is 345 g/mol. The Balaban J connectivity index is -0.000000720. The molecule has 8 nitrogen and oxygen atoms in total. The van der Waals surface area contributed by atoms with Gasteiger partial charge < -0.3 is 35.2 Å². The molecular weight excluding hydrogens is 337 g/mol. The van der Waals surface area contributed by atoms with Gasteiger partial charge in [-0.15, -0.1) is 0 Å². The topological polar surface area (TPSA) is 155 Å². The van der Waals surface area contributed by atoms with Crippen LogP contribution < -0.4 is 15.3 Å². The Morgan fingerprint density at radius 1 is 0.800 bits per heavy atom. The molecule has 0 aliphatic heterocycles. The van der Waals surface area contributed by atoms with E-state index in [-0.39, 0.29) is 41.1 Å². The van der Waals surface area contributed by atoms with Crippen LogP contribution in [0.1, 0.15) is 0 Å². The number of carbonyl (C=O) groups is 3. The minimum atomic E-state index is -1.57. The van der Waals surface area contributed by atoms with Gasteiger partial charge in [-0.25, -0.2) is 0 Å². The summed E-state index contributed by atoms with van der Waals surface area (Å²) < 4.78 is 0. The van der Waals surface area contributed by atoms with Crippen LogP contribution in [0.15, 0.2) is 0 Å². The summed E-state index contributed by atoms with van der Waals surface area (Å²) >= 11 is 0. The molecular formula is C6H8LaNO7. The average Bonchev–Trinajstić information content (AvgIpc) is 1.80. The fourth-order valence-electron chi connectivity index (χ4n) is 0.715. The number of hydrogen-bond donors (Lipinski definition) is 0. The quantitative estimate of drug-likeness (QED) is 0.463. The van der Waals surface area contributed by atoms with Crippen molar-refractivity contribution in [3.8, 4) is 0 Å². The fourth-order valence-corrected chi connectivity index (χ4v) is 0.715. The minimum Gasteiger partial charge on any atom is -0.549 e. The van der Waals surface area contributed by atoms with Crippen molar-refractivity contribution < 1.29 is 70.8 Å². The molecule has 82 valence electrons. The molecule has 0 heterocycles. The summed E-state index contributed by atoms with van der Waals surface area (Å²) in [5.41, 5.74) is 0. The van der Waals surface area contributed by atoms with Crippen LogP contribution in [0, 0.1) is 35.6 Å². The first-order valence-corrected chi connectivity index (χ1v) is 3.23. The molecule has 0 aliphatic carbocycles. The third-order valence-corrected chi connectivity index (χ3v) is 1.06. The number of nitrogens with zero attached hydrogens (tertiary/aromatic N) is 1. The van der Waals surface area contributed by atoms with Gasteiger partial charge in [0.2, 0.25) is 0 Å². The van der Waals surface area contributed by atoms with Crippen molar-refractivity contribution in [3.63, 3.8) is 0 Å². The molecule has 0 aromatic carbocycles. The van der Waals surface area contributed by atoms with E-state index in [2.05, 4.69) is 0 Å². The second kappa shape index (κ2) is 10.1. The van der Waals surface area contributed by atoms with Gasteiger partial charge in [0.05, 0.1) is 17.9 Å². The molecule has 0 unspecified atom stereocenters. The maximum absolute atomic E-state index is 9.99. The molecule has 0 atom stereocenters. The molecule has 0 radical (unpaired) electrons. The van der Waals surface area contributed by atoms with Gasteiger partial charge in [-0.05, 0) is 0 Å². The SMILES string of the molecule is O.O=C([O-])CN(CC(=O)[O-])CC(=O)[O-].[La+3]. The molecule has 2 N–H and O–H groups in total. The Bertz CT molecular complexity index is 193. The summed E-state index contributed by atoms with van der Waals surface area (Å²) in [7, 11) is 0. The normalized spacial score (nSPS) is 8.60. The van der Waals surface area contributed by atoms with Crippen LogP contribution in [0.3, 0.4) is 0 Å². The van der Waals surface area contributed by atoms with Gasteiger partial charge >= 0.3 is 35.6 Å². The zero-order valence-corrected chi connectivity index (χ0v) is 11.2. The first-order valence-electron chi connectivity index (χ1n) is 3.23. The molecule has 0 saturated carbocycles. The van der Waals surface area contributed by atoms with Gasteiger partial charge in [0.15, 0.2) is 0 Å². The van der Waals surface area contributed by atoms with E-state index in [4.69, 9.17) is 0 Å². The first-order chi connectivity index (χ1) is 5.91. The predicted molar refractivity (Wildman–Crippen MR) is 35.1 cm³/mol. The standard InChI is InChI=1S/C6H9NO6.La.H2O/c8-4(9)1-7(2-5(10)11)3-6(12)13;;/h1-3H2,(H,8,9)(H,10,11)(H,12,13);;1H2/q;+3;/p-3. The maximum atomic E-state index is 9.99. The molecule has 0 aromatic heterocycles. The molecule has 9 heteroatoms. The van der Waals surface area contributed by atoms with Crippen molar-refractivity contribution >= 4 is 17.9 Å². The summed E-state index contributed by atoms with van der Waals surface area (Å²) in [6.07, 6.45) is 0. The van der Waals surface area contributed by atoms with E-state index < -0.39 is 37.5 Å². The zero-order valence-electron chi connectivity index (χ0n) is 7.60. The van der Waals surface area contributed by atoms with Gasteiger partial charge in [-0.1, -0.05) is 0 Å². The molecule has 0 spiro atoms. The minimum absolute atomic E-state index is 0. The van der Waals surface area contributed by atoms with E-state index in [0.717, 1.165) is 0 Å². The fraction of sp³-hybridized carbons (Fsp3) is 0.500. The Morgan fingerprint density at radius 2 is 1.00 bits per heavy atom. The third-order valence-electron chi connectivity index (χ3n) is 1.06. The van der Waals surface area contributed by atoms with Crippen LogP contribution in [0.5, 0.6) is 0 Å². The smallest absolute Gasteiger partial charge is 0.549 e. The number of carboxylic acid groups (broad SMARTS) is 3. The van der Waals surface area contributed by atoms with Crippen molar-refractivity contribution in [2.45, 2.75) is 0 Å². The Hall–Kier alpha value is -0.475. The van der Waals surface area contributed by atoms with Gasteiger partial charge in [0.1, 0.15) is 0 Å². The maximum Gasteiger partial charge on any atom is 3.00 e. The number of carboxylic acids is 3.